The fourth-order valence-corrected chi connectivity index (χ4v) is 3.56. The number of nitrogens with one attached hydrogen (secondary N) is 1. The Balaban J connectivity index is 2.06. The van der Waals surface area contributed by atoms with Crippen LogP contribution in [0.2, 0.25) is 0 Å². The molecule has 2 aromatic carbocycles. The number of rotatable bonds is 6. The van der Waals surface area contributed by atoms with Gasteiger partial charge in [-0.3, -0.25) is 4.79 Å². The molecule has 1 amide bonds. The van der Waals surface area contributed by atoms with E-state index in [0.29, 0.717) is 0 Å². The van der Waals surface area contributed by atoms with Crippen LogP contribution in [0.4, 0.5) is 17.6 Å². The second kappa shape index (κ2) is 8.27. The van der Waals surface area contributed by atoms with Crippen molar-refractivity contribution in [2.75, 3.05) is 13.6 Å². The van der Waals surface area contributed by atoms with Gasteiger partial charge in [0.1, 0.15) is 5.82 Å². The third kappa shape index (κ3) is 5.29. The van der Waals surface area contributed by atoms with Crippen LogP contribution in [0.25, 0.3) is 0 Å². The molecule has 0 fully saturated rings. The SMILES string of the molecule is CC(NC(=O)CN(C)S(=O)(=O)c1ccc(F)cc1)c1cccc(C(F)(F)F)c1. The molecule has 1 atom stereocenters. The van der Waals surface area contributed by atoms with Gasteiger partial charge in [-0.15, -0.1) is 0 Å². The largest absolute Gasteiger partial charge is 0.416 e. The van der Waals surface area contributed by atoms with Crippen molar-refractivity contribution in [1.82, 2.24) is 9.62 Å². The molecular weight excluding hydrogens is 400 g/mol. The van der Waals surface area contributed by atoms with Gasteiger partial charge >= 0.3 is 6.18 Å². The van der Waals surface area contributed by atoms with Crippen LogP contribution in [0.15, 0.2) is 53.4 Å². The van der Waals surface area contributed by atoms with E-state index in [9.17, 15) is 30.8 Å². The third-order valence-electron chi connectivity index (χ3n) is 3.98. The highest BCUT2D eigenvalue weighted by Crippen LogP contribution is 2.30. The topological polar surface area (TPSA) is 66.5 Å². The molecule has 0 spiro atoms. The van der Waals surface area contributed by atoms with Gasteiger partial charge in [0.15, 0.2) is 0 Å². The van der Waals surface area contributed by atoms with E-state index in [4.69, 9.17) is 0 Å². The minimum atomic E-state index is -4.51. The molecule has 0 radical (unpaired) electrons. The monoisotopic (exact) mass is 418 g/mol. The second-order valence-corrected chi connectivity index (χ2v) is 8.17. The average Bonchev–Trinajstić information content (AvgIpc) is 2.61. The van der Waals surface area contributed by atoms with Gasteiger partial charge in [-0.2, -0.15) is 17.5 Å². The minimum absolute atomic E-state index is 0.185. The van der Waals surface area contributed by atoms with Gasteiger partial charge in [-0.25, -0.2) is 12.8 Å². The molecule has 2 aromatic rings. The molecule has 152 valence electrons. The maximum absolute atomic E-state index is 12.9. The summed E-state index contributed by atoms with van der Waals surface area (Å²) in [5.74, 6) is -1.30. The van der Waals surface area contributed by atoms with Gasteiger partial charge in [0.25, 0.3) is 0 Å². The van der Waals surface area contributed by atoms with Crippen molar-refractivity contribution < 1.29 is 30.8 Å². The second-order valence-electron chi connectivity index (χ2n) is 6.13. The summed E-state index contributed by atoms with van der Waals surface area (Å²) in [5, 5.41) is 2.47. The van der Waals surface area contributed by atoms with E-state index in [1.807, 2.05) is 0 Å². The number of benzene rings is 2. The first-order valence-corrected chi connectivity index (χ1v) is 9.53. The first-order valence-electron chi connectivity index (χ1n) is 8.09. The maximum atomic E-state index is 12.9. The first-order chi connectivity index (χ1) is 12.9. The molecule has 5 nitrogen and oxygen atoms in total. The molecule has 0 aliphatic carbocycles. The lowest BCUT2D eigenvalue weighted by Crippen LogP contribution is -2.39. The summed E-state index contributed by atoms with van der Waals surface area (Å²) < 4.78 is 76.9. The molecule has 0 aliphatic heterocycles. The Labute approximate surface area is 160 Å². The van der Waals surface area contributed by atoms with Crippen LogP contribution >= 0.6 is 0 Å². The Morgan fingerprint density at radius 3 is 2.32 bits per heavy atom. The quantitative estimate of drug-likeness (QED) is 0.732. The predicted molar refractivity (Wildman–Crippen MR) is 94.2 cm³/mol. The molecule has 0 aliphatic rings. The molecule has 2 rings (SSSR count). The number of carbonyl (C=O) groups excluding carboxylic acids is 1. The number of nitrogens with zero attached hydrogens (tertiary/aromatic N) is 1. The van der Waals surface area contributed by atoms with Crippen molar-refractivity contribution in [3.05, 3.63) is 65.5 Å². The number of alkyl halides is 3. The zero-order chi connectivity index (χ0) is 21.1. The Kier molecular flexibility index (Phi) is 6.45. The highest BCUT2D eigenvalue weighted by Gasteiger charge is 2.31. The molecule has 10 heteroatoms. The summed E-state index contributed by atoms with van der Waals surface area (Å²) >= 11 is 0. The number of halogens is 4. The van der Waals surface area contributed by atoms with Crippen LogP contribution in [-0.4, -0.2) is 32.2 Å². The molecular formula is C18H18F4N2O3S. The van der Waals surface area contributed by atoms with Crippen LogP contribution < -0.4 is 5.32 Å². The maximum Gasteiger partial charge on any atom is 0.416 e. The number of hydrogen-bond acceptors (Lipinski definition) is 3. The highest BCUT2D eigenvalue weighted by molar-refractivity contribution is 7.89. The number of likely N-dealkylation sites (N-methyl/N-ethyl adjacent to an activating group) is 1. The highest BCUT2D eigenvalue weighted by atomic mass is 32.2. The Hall–Kier alpha value is -2.46. The van der Waals surface area contributed by atoms with Crippen LogP contribution in [0.3, 0.4) is 0 Å². The molecule has 28 heavy (non-hydrogen) atoms. The molecule has 0 saturated heterocycles. The van der Waals surface area contributed by atoms with Crippen LogP contribution in [0.5, 0.6) is 0 Å². The van der Waals surface area contributed by atoms with E-state index >= 15 is 0 Å². The molecule has 0 saturated carbocycles. The van der Waals surface area contributed by atoms with Crippen molar-refractivity contribution >= 4 is 15.9 Å². The van der Waals surface area contributed by atoms with E-state index in [2.05, 4.69) is 5.32 Å². The zero-order valence-electron chi connectivity index (χ0n) is 15.0. The zero-order valence-corrected chi connectivity index (χ0v) is 15.8. The summed E-state index contributed by atoms with van der Waals surface area (Å²) in [6.07, 6.45) is -4.51. The van der Waals surface area contributed by atoms with Crippen LogP contribution in [0, 0.1) is 5.82 Å². The fourth-order valence-electron chi connectivity index (χ4n) is 2.43. The number of sulfonamides is 1. The van der Waals surface area contributed by atoms with Crippen molar-refractivity contribution in [2.24, 2.45) is 0 Å². The van der Waals surface area contributed by atoms with E-state index in [0.717, 1.165) is 40.7 Å². The summed E-state index contributed by atoms with van der Waals surface area (Å²) in [6.45, 7) is 0.935. The Morgan fingerprint density at radius 1 is 1.14 bits per heavy atom. The van der Waals surface area contributed by atoms with E-state index in [-0.39, 0.29) is 10.5 Å². The van der Waals surface area contributed by atoms with E-state index in [1.165, 1.54) is 26.1 Å². The number of amides is 1. The Morgan fingerprint density at radius 2 is 1.75 bits per heavy atom. The minimum Gasteiger partial charge on any atom is -0.348 e. The Bertz CT molecular complexity index is 944. The normalized spacial score (nSPS) is 13.4. The van der Waals surface area contributed by atoms with Gasteiger partial charge in [0.05, 0.1) is 23.0 Å². The van der Waals surface area contributed by atoms with E-state index < -0.39 is 46.1 Å². The lowest BCUT2D eigenvalue weighted by atomic mass is 10.0. The standard InChI is InChI=1S/C18H18F4N2O3S/c1-12(13-4-3-5-14(10-13)18(20,21)22)23-17(25)11-24(2)28(26,27)16-8-6-15(19)7-9-16/h3-10,12H,11H2,1-2H3,(H,23,25). The number of carbonyl (C=O) groups is 1. The summed E-state index contributed by atoms with van der Waals surface area (Å²) in [5.41, 5.74) is -0.616. The molecule has 0 bridgehead atoms. The van der Waals surface area contributed by atoms with Crippen LogP contribution in [-0.2, 0) is 21.0 Å². The van der Waals surface area contributed by atoms with Gasteiger partial charge in [-0.1, -0.05) is 12.1 Å². The van der Waals surface area contributed by atoms with Crippen molar-refractivity contribution in [3.8, 4) is 0 Å². The summed E-state index contributed by atoms with van der Waals surface area (Å²) in [7, 11) is -2.85. The van der Waals surface area contributed by atoms with Crippen molar-refractivity contribution in [1.29, 1.82) is 0 Å². The lowest BCUT2D eigenvalue weighted by molar-refractivity contribution is -0.137. The molecule has 0 heterocycles. The summed E-state index contributed by atoms with van der Waals surface area (Å²) in [6, 6.07) is 7.84. The average molecular weight is 418 g/mol. The van der Waals surface area contributed by atoms with Gasteiger partial charge in [0.2, 0.25) is 15.9 Å². The molecule has 1 N–H and O–H groups in total. The van der Waals surface area contributed by atoms with Crippen molar-refractivity contribution in [2.45, 2.75) is 24.0 Å². The van der Waals surface area contributed by atoms with Crippen molar-refractivity contribution in [3.63, 3.8) is 0 Å². The van der Waals surface area contributed by atoms with E-state index in [1.54, 1.807) is 0 Å². The lowest BCUT2D eigenvalue weighted by Gasteiger charge is -2.20. The summed E-state index contributed by atoms with van der Waals surface area (Å²) in [4.78, 5) is 12.0. The van der Waals surface area contributed by atoms with Gasteiger partial charge in [0, 0.05) is 7.05 Å². The third-order valence-corrected chi connectivity index (χ3v) is 5.80. The van der Waals surface area contributed by atoms with Crippen LogP contribution in [0.1, 0.15) is 24.1 Å². The fraction of sp³-hybridized carbons (Fsp3) is 0.278. The van der Waals surface area contributed by atoms with Gasteiger partial charge in [-0.05, 0) is 48.9 Å². The number of hydrogen-bond donors (Lipinski definition) is 1. The first kappa shape index (κ1) is 21.8. The smallest absolute Gasteiger partial charge is 0.348 e. The molecule has 0 aromatic heterocycles. The predicted octanol–water partition coefficient (Wildman–Crippen LogP) is 3.34. The molecule has 1 unspecified atom stereocenters. The van der Waals surface area contributed by atoms with Gasteiger partial charge < -0.3 is 5.32 Å².